The Morgan fingerprint density at radius 2 is 2.05 bits per heavy atom. The Kier molecular flexibility index (Phi) is 3.95. The fraction of sp³-hybridized carbons (Fsp3) is 0.0667. The van der Waals surface area contributed by atoms with Crippen molar-refractivity contribution in [3.63, 3.8) is 0 Å². The first-order valence-corrected chi connectivity index (χ1v) is 7.51. The van der Waals surface area contributed by atoms with Crippen LogP contribution >= 0.6 is 23.8 Å². The quantitative estimate of drug-likeness (QED) is 0.718. The van der Waals surface area contributed by atoms with Crippen LogP contribution in [0.3, 0.4) is 0 Å². The van der Waals surface area contributed by atoms with Gasteiger partial charge in [0.25, 0.3) is 10.6 Å². The van der Waals surface area contributed by atoms with Crippen LogP contribution in [0.2, 0.25) is 10.0 Å². The molecule has 1 heterocycles. The fourth-order valence-corrected chi connectivity index (χ4v) is 3.10. The molecule has 0 atom stereocenters. The van der Waals surface area contributed by atoms with Crippen molar-refractivity contribution in [2.24, 2.45) is 0 Å². The lowest BCUT2D eigenvalue weighted by atomic mass is 10.2. The largest absolute Gasteiger partial charge is 0.491 e. The number of nitrogens with zero attached hydrogens (tertiary/aromatic N) is 1. The second-order valence-corrected chi connectivity index (χ2v) is 5.80. The summed E-state index contributed by atoms with van der Waals surface area (Å²) in [6, 6.07) is 10.3. The summed E-state index contributed by atoms with van der Waals surface area (Å²) >= 11 is 16.7. The van der Waals surface area contributed by atoms with Crippen LogP contribution in [0.15, 0.2) is 41.2 Å². The van der Waals surface area contributed by atoms with Gasteiger partial charge in [0.2, 0.25) is 0 Å². The molecule has 0 spiro atoms. The van der Waals surface area contributed by atoms with Crippen molar-refractivity contribution in [3.05, 3.63) is 61.6 Å². The standard InChI is InChI=1S/C15H10Cl2N2O2S/c1-21-13-7-12(9(16)6-10(13)17)19-14(20)8-4-2-3-5-11(8)18-15(19)22/h2-7,17H,1H3/p+1. The molecule has 0 aliphatic rings. The van der Waals surface area contributed by atoms with Crippen molar-refractivity contribution in [2.75, 3.05) is 7.11 Å². The lowest BCUT2D eigenvalue weighted by molar-refractivity contribution is -0.290. The number of halogens is 2. The fourth-order valence-electron chi connectivity index (χ4n) is 2.24. The molecule has 2 aromatic carbocycles. The van der Waals surface area contributed by atoms with E-state index in [2.05, 4.69) is 4.98 Å². The molecule has 1 aromatic heterocycles. The van der Waals surface area contributed by atoms with Gasteiger partial charge in [0, 0.05) is 12.1 Å². The molecular formula is C15H11Cl2N2O2S+. The maximum atomic E-state index is 12.7. The second kappa shape index (κ2) is 5.76. The minimum Gasteiger partial charge on any atom is -0.491 e. The number of para-hydroxylation sites is 1. The number of methoxy groups -OCH3 is 1. The predicted octanol–water partition coefficient (Wildman–Crippen LogP) is 3.41. The molecule has 0 radical (unpaired) electrons. The van der Waals surface area contributed by atoms with Crippen LogP contribution in [0.4, 0.5) is 0 Å². The average molecular weight is 354 g/mol. The first kappa shape index (κ1) is 15.1. The van der Waals surface area contributed by atoms with Crippen LogP contribution in [0.5, 0.6) is 5.75 Å². The molecule has 7 heteroatoms. The number of benzene rings is 2. The summed E-state index contributed by atoms with van der Waals surface area (Å²) in [4.78, 5) is 15.8. The molecule has 0 saturated heterocycles. The monoisotopic (exact) mass is 353 g/mol. The van der Waals surface area contributed by atoms with E-state index in [1.165, 1.54) is 11.7 Å². The molecular weight excluding hydrogens is 343 g/mol. The van der Waals surface area contributed by atoms with Crippen molar-refractivity contribution in [3.8, 4) is 11.4 Å². The number of aromatic amines is 1. The van der Waals surface area contributed by atoms with E-state index < -0.39 is 0 Å². The van der Waals surface area contributed by atoms with Crippen molar-refractivity contribution < 1.29 is 16.3 Å². The zero-order chi connectivity index (χ0) is 15.9. The highest BCUT2D eigenvalue weighted by molar-refractivity contribution is 7.71. The van der Waals surface area contributed by atoms with E-state index in [1.54, 1.807) is 30.3 Å². The third-order valence-corrected chi connectivity index (χ3v) is 4.19. The van der Waals surface area contributed by atoms with E-state index in [9.17, 15) is 4.79 Å². The summed E-state index contributed by atoms with van der Waals surface area (Å²) in [6.45, 7) is 0. The number of H-pyrrole nitrogens is 1. The molecule has 4 nitrogen and oxygen atoms in total. The highest BCUT2D eigenvalue weighted by atomic mass is 35.5. The minimum atomic E-state index is -0.250. The van der Waals surface area contributed by atoms with E-state index in [0.717, 1.165) is 0 Å². The van der Waals surface area contributed by atoms with Crippen LogP contribution in [0.1, 0.15) is 0 Å². The Bertz CT molecular complexity index is 995. The predicted molar refractivity (Wildman–Crippen MR) is 86.8 cm³/mol. The molecule has 3 rings (SSSR count). The molecule has 22 heavy (non-hydrogen) atoms. The average Bonchev–Trinajstić information content (AvgIpc) is 2.49. The van der Waals surface area contributed by atoms with Gasteiger partial charge in [-0.2, -0.15) is 0 Å². The Morgan fingerprint density at radius 3 is 2.77 bits per heavy atom. The van der Waals surface area contributed by atoms with Gasteiger partial charge in [0.15, 0.2) is 22.1 Å². The first-order chi connectivity index (χ1) is 10.5. The van der Waals surface area contributed by atoms with Gasteiger partial charge in [-0.05, 0) is 24.4 Å². The molecule has 0 amide bonds. The Labute approximate surface area is 140 Å². The van der Waals surface area contributed by atoms with Crippen LogP contribution in [-0.2, 0) is 0 Å². The zero-order valence-electron chi connectivity index (χ0n) is 11.4. The van der Waals surface area contributed by atoms with Crippen LogP contribution in [0, 0.1) is 16.4 Å². The van der Waals surface area contributed by atoms with E-state index in [0.29, 0.717) is 32.4 Å². The molecule has 0 unspecified atom stereocenters. The van der Waals surface area contributed by atoms with Gasteiger partial charge < -0.3 is 9.72 Å². The summed E-state index contributed by atoms with van der Waals surface area (Å²) < 4.78 is 6.81. The summed E-state index contributed by atoms with van der Waals surface area (Å²) in [5.41, 5.74) is 0.862. The van der Waals surface area contributed by atoms with Gasteiger partial charge in [-0.15, -0.1) is 0 Å². The molecule has 0 bridgehead atoms. The Morgan fingerprint density at radius 1 is 1.32 bits per heavy atom. The van der Waals surface area contributed by atoms with Crippen molar-refractivity contribution in [1.29, 1.82) is 0 Å². The SMILES string of the molecule is COc1cc(-n2c(=S)[nH]c3ccccc3c2=O)c(Cl)cc1[ClH+]. The van der Waals surface area contributed by atoms with E-state index in [1.807, 2.05) is 6.07 Å². The maximum Gasteiger partial charge on any atom is 0.268 e. The van der Waals surface area contributed by atoms with Crippen LogP contribution < -0.4 is 10.3 Å². The lowest BCUT2D eigenvalue weighted by Crippen LogP contribution is -2.20. The zero-order valence-corrected chi connectivity index (χ0v) is 13.8. The summed E-state index contributed by atoms with van der Waals surface area (Å²) in [5, 5.41) is 1.33. The summed E-state index contributed by atoms with van der Waals surface area (Å²) in [6.07, 6.45) is 0. The van der Waals surface area contributed by atoms with Gasteiger partial charge in [0.05, 0.1) is 28.7 Å². The van der Waals surface area contributed by atoms with Crippen LogP contribution in [-0.4, -0.2) is 16.7 Å². The van der Waals surface area contributed by atoms with Gasteiger partial charge >= 0.3 is 0 Å². The normalized spacial score (nSPS) is 10.9. The molecule has 1 N–H and O–H groups in total. The maximum absolute atomic E-state index is 12.7. The highest BCUT2D eigenvalue weighted by Gasteiger charge is 2.17. The second-order valence-electron chi connectivity index (χ2n) is 4.57. The summed E-state index contributed by atoms with van der Waals surface area (Å²) in [7, 11) is 1.51. The van der Waals surface area contributed by atoms with E-state index >= 15 is 0 Å². The summed E-state index contributed by atoms with van der Waals surface area (Å²) in [5.74, 6) is 0.462. The Hall–Kier alpha value is -1.82. The van der Waals surface area contributed by atoms with Crippen molar-refractivity contribution in [1.82, 2.24) is 9.55 Å². The number of fused-ring (bicyclic) bond motifs is 1. The lowest BCUT2D eigenvalue weighted by Gasteiger charge is -2.11. The number of rotatable bonds is 2. The Balaban J connectivity index is 2.41. The van der Waals surface area contributed by atoms with Gasteiger partial charge in [-0.25, -0.2) is 0 Å². The topological polar surface area (TPSA) is 47.0 Å². The first-order valence-electron chi connectivity index (χ1n) is 6.32. The minimum absolute atomic E-state index is 0.250. The molecule has 112 valence electrons. The molecule has 0 saturated carbocycles. The third kappa shape index (κ3) is 2.41. The van der Waals surface area contributed by atoms with Gasteiger partial charge in [-0.3, -0.25) is 9.36 Å². The van der Waals surface area contributed by atoms with Crippen molar-refractivity contribution >= 4 is 34.7 Å². The number of nitrogens with one attached hydrogen (secondary N) is 1. The van der Waals surface area contributed by atoms with E-state index in [4.69, 9.17) is 40.2 Å². The molecule has 0 fully saturated rings. The smallest absolute Gasteiger partial charge is 0.268 e. The molecule has 0 aliphatic heterocycles. The molecule has 0 aliphatic carbocycles. The number of hydrogen-bond donors (Lipinski definition) is 1. The van der Waals surface area contributed by atoms with Crippen LogP contribution in [0.25, 0.3) is 16.6 Å². The van der Waals surface area contributed by atoms with E-state index in [-0.39, 0.29) is 10.3 Å². The third-order valence-electron chi connectivity index (χ3n) is 3.28. The van der Waals surface area contributed by atoms with Gasteiger partial charge in [0.1, 0.15) is 0 Å². The number of hydrogen-bond acceptors (Lipinski definition) is 3. The van der Waals surface area contributed by atoms with Gasteiger partial charge in [-0.1, -0.05) is 23.7 Å². The molecule has 3 aromatic rings. The number of ether oxygens (including phenoxy) is 1. The highest BCUT2D eigenvalue weighted by Crippen LogP contribution is 2.30. The number of aromatic nitrogens is 2. The van der Waals surface area contributed by atoms with Crippen molar-refractivity contribution in [2.45, 2.75) is 0 Å².